The summed E-state index contributed by atoms with van der Waals surface area (Å²) in [5.41, 5.74) is 15.2. The Balaban J connectivity index is 2.48. The molecule has 0 atom stereocenters. The lowest BCUT2D eigenvalue weighted by Crippen LogP contribution is -2.14. The highest BCUT2D eigenvalue weighted by Gasteiger charge is 2.19. The van der Waals surface area contributed by atoms with Crippen LogP contribution in [0.2, 0.25) is 0 Å². The largest absolute Gasteiger partial charge is 0.508 e. The number of fused-ring (bicyclic) bond motifs is 1. The minimum Gasteiger partial charge on any atom is -0.508 e. The van der Waals surface area contributed by atoms with Gasteiger partial charge in [-0.25, -0.2) is 0 Å². The second-order valence-electron chi connectivity index (χ2n) is 5.00. The van der Waals surface area contributed by atoms with Crippen LogP contribution in [0.25, 0.3) is 22.2 Å². The monoisotopic (exact) mass is 294 g/mol. The first-order valence-corrected chi connectivity index (χ1v) is 6.62. The Labute approximate surface area is 126 Å². The van der Waals surface area contributed by atoms with Crippen LogP contribution >= 0.6 is 0 Å². The maximum atomic E-state index is 11.6. The summed E-state index contributed by atoms with van der Waals surface area (Å²) < 4.78 is 0. The summed E-state index contributed by atoms with van der Waals surface area (Å²) in [4.78, 5) is 20.2. The molecule has 0 saturated heterocycles. The Morgan fingerprint density at radius 2 is 1.91 bits per heavy atom. The van der Waals surface area contributed by atoms with Crippen molar-refractivity contribution in [2.45, 2.75) is 6.92 Å². The Bertz CT molecular complexity index is 906. The van der Waals surface area contributed by atoms with Gasteiger partial charge in [0.2, 0.25) is 0 Å². The van der Waals surface area contributed by atoms with Gasteiger partial charge >= 0.3 is 0 Å². The van der Waals surface area contributed by atoms with Gasteiger partial charge in [0.25, 0.3) is 5.91 Å². The summed E-state index contributed by atoms with van der Waals surface area (Å²) in [6.45, 7) is 1.88. The number of hydrogen-bond donors (Lipinski definition) is 3. The van der Waals surface area contributed by atoms with E-state index in [9.17, 15) is 9.90 Å². The number of nitrogen functional groups attached to an aromatic ring is 1. The molecule has 0 aliphatic carbocycles. The smallest absolute Gasteiger partial charge is 0.250 e. The standard InChI is InChI=1S/C16H14N4O2/c1-8-2-3-9(21)6-10(8)13-14(17)11(16(18)22)7-12-15(13)20-5-4-19-12/h2-7,21H,17H2,1H3,(H2,18,22). The second kappa shape index (κ2) is 5.00. The average molecular weight is 294 g/mol. The molecule has 3 rings (SSSR count). The minimum atomic E-state index is -0.635. The molecule has 3 aromatic rings. The normalized spacial score (nSPS) is 10.8. The number of nitrogens with zero attached hydrogens (tertiary/aromatic N) is 2. The summed E-state index contributed by atoms with van der Waals surface area (Å²) in [7, 11) is 0. The van der Waals surface area contributed by atoms with E-state index in [1.54, 1.807) is 24.4 Å². The fourth-order valence-electron chi connectivity index (χ4n) is 2.48. The molecule has 22 heavy (non-hydrogen) atoms. The summed E-state index contributed by atoms with van der Waals surface area (Å²) in [5.74, 6) is -0.536. The molecule has 2 aromatic carbocycles. The number of hydrogen-bond acceptors (Lipinski definition) is 5. The molecule has 0 aliphatic rings. The van der Waals surface area contributed by atoms with Crippen molar-refractivity contribution in [2.24, 2.45) is 5.73 Å². The van der Waals surface area contributed by atoms with Crippen LogP contribution in [0.1, 0.15) is 15.9 Å². The molecule has 5 N–H and O–H groups in total. The summed E-state index contributed by atoms with van der Waals surface area (Å²) >= 11 is 0. The topological polar surface area (TPSA) is 115 Å². The number of nitrogens with two attached hydrogens (primary N) is 2. The number of aromatic hydroxyl groups is 1. The van der Waals surface area contributed by atoms with E-state index in [2.05, 4.69) is 9.97 Å². The third-order valence-electron chi connectivity index (χ3n) is 3.56. The first-order valence-electron chi connectivity index (χ1n) is 6.62. The van der Waals surface area contributed by atoms with Crippen molar-refractivity contribution >= 4 is 22.6 Å². The predicted octanol–water partition coefficient (Wildman–Crippen LogP) is 1.99. The van der Waals surface area contributed by atoms with Crippen LogP contribution in [0.15, 0.2) is 36.7 Å². The third-order valence-corrected chi connectivity index (χ3v) is 3.56. The van der Waals surface area contributed by atoms with Crippen LogP contribution in [0.3, 0.4) is 0 Å². The maximum absolute atomic E-state index is 11.6. The molecular weight excluding hydrogens is 280 g/mol. The number of rotatable bonds is 2. The van der Waals surface area contributed by atoms with Gasteiger partial charge in [-0.15, -0.1) is 0 Å². The summed E-state index contributed by atoms with van der Waals surface area (Å²) in [6.07, 6.45) is 3.08. The van der Waals surface area contributed by atoms with Gasteiger partial charge in [-0.2, -0.15) is 0 Å². The highest BCUT2D eigenvalue weighted by Crippen LogP contribution is 2.37. The van der Waals surface area contributed by atoms with Gasteiger partial charge in [0.15, 0.2) is 0 Å². The van der Waals surface area contributed by atoms with Crippen LogP contribution < -0.4 is 11.5 Å². The molecule has 0 spiro atoms. The number of carbonyl (C=O) groups excluding carboxylic acids is 1. The van der Waals surface area contributed by atoms with Crippen molar-refractivity contribution in [2.75, 3.05) is 5.73 Å². The highest BCUT2D eigenvalue weighted by atomic mass is 16.3. The zero-order valence-corrected chi connectivity index (χ0v) is 11.9. The number of phenols is 1. The van der Waals surface area contributed by atoms with E-state index in [0.29, 0.717) is 22.2 Å². The number of amides is 1. The Morgan fingerprint density at radius 3 is 2.64 bits per heavy atom. The average Bonchev–Trinajstić information content (AvgIpc) is 2.49. The zero-order valence-electron chi connectivity index (χ0n) is 11.9. The fraction of sp³-hybridized carbons (Fsp3) is 0.0625. The van der Waals surface area contributed by atoms with Crippen LogP contribution in [0, 0.1) is 6.92 Å². The highest BCUT2D eigenvalue weighted by molar-refractivity contribution is 6.09. The fourth-order valence-corrected chi connectivity index (χ4v) is 2.48. The lowest BCUT2D eigenvalue weighted by atomic mass is 9.94. The van der Waals surface area contributed by atoms with Gasteiger partial charge in [0.1, 0.15) is 5.75 Å². The van der Waals surface area contributed by atoms with E-state index >= 15 is 0 Å². The number of aromatic nitrogens is 2. The molecule has 6 heteroatoms. The van der Waals surface area contributed by atoms with Gasteiger partial charge in [-0.05, 0) is 36.2 Å². The Morgan fingerprint density at radius 1 is 1.18 bits per heavy atom. The minimum absolute atomic E-state index is 0.0986. The van der Waals surface area contributed by atoms with Gasteiger partial charge in [-0.1, -0.05) is 6.07 Å². The molecular formula is C16H14N4O2. The molecule has 1 amide bonds. The molecule has 0 unspecified atom stereocenters. The quantitative estimate of drug-likeness (QED) is 0.625. The van der Waals surface area contributed by atoms with Gasteiger partial charge in [0.05, 0.1) is 22.3 Å². The molecule has 110 valence electrons. The Hall–Kier alpha value is -3.15. The predicted molar refractivity (Wildman–Crippen MR) is 84.3 cm³/mol. The van der Waals surface area contributed by atoms with Crippen LogP contribution in [0.4, 0.5) is 5.69 Å². The van der Waals surface area contributed by atoms with Gasteiger partial charge < -0.3 is 16.6 Å². The van der Waals surface area contributed by atoms with Crippen LogP contribution in [-0.4, -0.2) is 21.0 Å². The molecule has 0 saturated carbocycles. The first-order chi connectivity index (χ1) is 10.5. The molecule has 6 nitrogen and oxygen atoms in total. The number of carbonyl (C=O) groups is 1. The van der Waals surface area contributed by atoms with E-state index in [-0.39, 0.29) is 17.0 Å². The van der Waals surface area contributed by atoms with E-state index in [1.165, 1.54) is 12.3 Å². The number of phenolic OH excluding ortho intramolecular Hbond substituents is 1. The van der Waals surface area contributed by atoms with Crippen LogP contribution in [0.5, 0.6) is 5.75 Å². The molecule has 1 heterocycles. The number of benzene rings is 2. The van der Waals surface area contributed by atoms with E-state index in [4.69, 9.17) is 11.5 Å². The molecule has 0 fully saturated rings. The van der Waals surface area contributed by atoms with Crippen molar-refractivity contribution in [3.8, 4) is 16.9 Å². The van der Waals surface area contributed by atoms with Crippen molar-refractivity contribution in [3.63, 3.8) is 0 Å². The van der Waals surface area contributed by atoms with Crippen molar-refractivity contribution in [1.82, 2.24) is 9.97 Å². The first kappa shape index (κ1) is 13.8. The van der Waals surface area contributed by atoms with Crippen molar-refractivity contribution in [3.05, 3.63) is 47.8 Å². The van der Waals surface area contributed by atoms with E-state index in [1.807, 2.05) is 6.92 Å². The second-order valence-corrected chi connectivity index (χ2v) is 5.00. The third kappa shape index (κ3) is 2.10. The Kier molecular flexibility index (Phi) is 3.14. The zero-order chi connectivity index (χ0) is 15.9. The lowest BCUT2D eigenvalue weighted by Gasteiger charge is -2.14. The molecule has 1 aromatic heterocycles. The molecule has 0 bridgehead atoms. The van der Waals surface area contributed by atoms with E-state index in [0.717, 1.165) is 5.56 Å². The summed E-state index contributed by atoms with van der Waals surface area (Å²) in [5, 5.41) is 9.77. The maximum Gasteiger partial charge on any atom is 0.250 e. The lowest BCUT2D eigenvalue weighted by molar-refractivity contribution is 0.100. The number of aryl methyl sites for hydroxylation is 1. The molecule has 0 radical (unpaired) electrons. The number of primary amides is 1. The molecule has 0 aliphatic heterocycles. The van der Waals surface area contributed by atoms with Crippen LogP contribution in [-0.2, 0) is 0 Å². The van der Waals surface area contributed by atoms with Gasteiger partial charge in [0, 0.05) is 18.0 Å². The SMILES string of the molecule is Cc1ccc(O)cc1-c1c(N)c(C(N)=O)cc2nccnc12. The van der Waals surface area contributed by atoms with Gasteiger partial charge in [-0.3, -0.25) is 14.8 Å². The van der Waals surface area contributed by atoms with Crippen molar-refractivity contribution in [1.29, 1.82) is 0 Å². The van der Waals surface area contributed by atoms with Crippen molar-refractivity contribution < 1.29 is 9.90 Å². The van der Waals surface area contributed by atoms with E-state index < -0.39 is 5.91 Å². The number of anilines is 1. The summed E-state index contributed by atoms with van der Waals surface area (Å²) in [6, 6.07) is 6.46.